The van der Waals surface area contributed by atoms with Crippen molar-refractivity contribution in [3.63, 3.8) is 0 Å². The molecule has 0 aliphatic rings. The maximum atomic E-state index is 10.8. The molecule has 2 aromatic heterocycles. The van der Waals surface area contributed by atoms with Crippen molar-refractivity contribution in [3.05, 3.63) is 27.7 Å². The number of halogens is 1. The fourth-order valence-corrected chi connectivity index (χ4v) is 2.26. The highest BCUT2D eigenvalue weighted by molar-refractivity contribution is 9.10. The molecule has 0 aromatic carbocycles. The monoisotopic (exact) mass is 257 g/mol. The summed E-state index contributed by atoms with van der Waals surface area (Å²) in [6, 6.07) is 1.77. The van der Waals surface area contributed by atoms with Gasteiger partial charge in [0.15, 0.2) is 0 Å². The molecular formula is C8H4BrNO2S. The third-order valence-corrected chi connectivity index (χ3v) is 2.96. The summed E-state index contributed by atoms with van der Waals surface area (Å²) in [7, 11) is 0. The summed E-state index contributed by atoms with van der Waals surface area (Å²) in [6.07, 6.45) is 1.66. The van der Waals surface area contributed by atoms with Gasteiger partial charge in [0.25, 0.3) is 0 Å². The Hall–Kier alpha value is -0.940. The molecule has 0 saturated heterocycles. The Balaban J connectivity index is 2.79. The van der Waals surface area contributed by atoms with Gasteiger partial charge in [-0.15, -0.1) is 11.3 Å². The Bertz CT molecular complexity index is 480. The Morgan fingerprint density at radius 1 is 1.62 bits per heavy atom. The van der Waals surface area contributed by atoms with Crippen LogP contribution in [-0.4, -0.2) is 16.1 Å². The number of hydrogen-bond donors (Lipinski definition) is 1. The van der Waals surface area contributed by atoms with E-state index < -0.39 is 5.97 Å². The van der Waals surface area contributed by atoms with Crippen LogP contribution in [0.3, 0.4) is 0 Å². The van der Waals surface area contributed by atoms with Crippen molar-refractivity contribution in [1.82, 2.24) is 4.98 Å². The van der Waals surface area contributed by atoms with E-state index in [1.165, 1.54) is 11.3 Å². The summed E-state index contributed by atoms with van der Waals surface area (Å²) >= 11 is 4.59. The van der Waals surface area contributed by atoms with E-state index in [4.69, 9.17) is 5.11 Å². The van der Waals surface area contributed by atoms with Crippen LogP contribution in [0.4, 0.5) is 0 Å². The lowest BCUT2D eigenvalue weighted by Gasteiger charge is -1.92. The van der Waals surface area contributed by atoms with E-state index in [0.29, 0.717) is 10.9 Å². The van der Waals surface area contributed by atoms with Crippen molar-refractivity contribution in [3.8, 4) is 0 Å². The molecule has 2 rings (SSSR count). The number of rotatable bonds is 1. The van der Waals surface area contributed by atoms with E-state index in [0.717, 1.165) is 9.30 Å². The molecule has 0 aliphatic carbocycles. The van der Waals surface area contributed by atoms with Crippen molar-refractivity contribution in [2.24, 2.45) is 0 Å². The number of hydrogen-bond acceptors (Lipinski definition) is 3. The molecule has 2 heterocycles. The second-order valence-corrected chi connectivity index (χ2v) is 4.23. The Labute approximate surface area is 86.2 Å². The second kappa shape index (κ2) is 3.08. The molecule has 5 heteroatoms. The number of nitrogens with zero attached hydrogens (tertiary/aromatic N) is 1. The number of carboxylic acids is 1. The maximum Gasteiger partial charge on any atom is 0.337 e. The summed E-state index contributed by atoms with van der Waals surface area (Å²) < 4.78 is 0.793. The van der Waals surface area contributed by atoms with Gasteiger partial charge in [-0.05, 0) is 22.0 Å². The third kappa shape index (κ3) is 1.45. The average Bonchev–Trinajstić information content (AvgIpc) is 2.46. The molecule has 0 atom stereocenters. The van der Waals surface area contributed by atoms with E-state index in [9.17, 15) is 4.79 Å². The van der Waals surface area contributed by atoms with Crippen LogP contribution in [0.1, 0.15) is 10.4 Å². The lowest BCUT2D eigenvalue weighted by atomic mass is 10.2. The normalized spacial score (nSPS) is 10.5. The molecule has 13 heavy (non-hydrogen) atoms. The smallest absolute Gasteiger partial charge is 0.337 e. The zero-order valence-electron chi connectivity index (χ0n) is 6.32. The van der Waals surface area contributed by atoms with Gasteiger partial charge in [-0.2, -0.15) is 0 Å². The van der Waals surface area contributed by atoms with Crippen molar-refractivity contribution >= 4 is 43.5 Å². The number of aromatic carboxylic acids is 1. The van der Waals surface area contributed by atoms with Crippen molar-refractivity contribution < 1.29 is 9.90 Å². The van der Waals surface area contributed by atoms with Crippen molar-refractivity contribution in [2.45, 2.75) is 0 Å². The van der Waals surface area contributed by atoms with Gasteiger partial charge in [0.2, 0.25) is 0 Å². The van der Waals surface area contributed by atoms with E-state index in [2.05, 4.69) is 20.9 Å². The van der Waals surface area contributed by atoms with Crippen molar-refractivity contribution in [1.29, 1.82) is 0 Å². The molecule has 0 radical (unpaired) electrons. The second-order valence-electron chi connectivity index (χ2n) is 2.46. The summed E-state index contributed by atoms with van der Waals surface area (Å²) in [5, 5.41) is 11.1. The molecule has 0 saturated carbocycles. The van der Waals surface area contributed by atoms with Gasteiger partial charge >= 0.3 is 5.97 Å². The predicted molar refractivity (Wildman–Crippen MR) is 54.3 cm³/mol. The van der Waals surface area contributed by atoms with E-state index in [1.54, 1.807) is 17.6 Å². The minimum absolute atomic E-state index is 0.314. The SMILES string of the molecule is O=C(O)c1csc2ncc(Br)cc12. The van der Waals surface area contributed by atoms with Crippen molar-refractivity contribution in [2.75, 3.05) is 0 Å². The largest absolute Gasteiger partial charge is 0.478 e. The lowest BCUT2D eigenvalue weighted by molar-refractivity contribution is 0.0699. The zero-order valence-corrected chi connectivity index (χ0v) is 8.72. The zero-order chi connectivity index (χ0) is 9.42. The van der Waals surface area contributed by atoms with Crippen LogP contribution in [0.15, 0.2) is 22.1 Å². The lowest BCUT2D eigenvalue weighted by Crippen LogP contribution is -1.93. The molecule has 0 spiro atoms. The van der Waals surface area contributed by atoms with Gasteiger partial charge in [-0.25, -0.2) is 9.78 Å². The van der Waals surface area contributed by atoms with Crippen LogP contribution in [-0.2, 0) is 0 Å². The molecule has 0 fully saturated rings. The summed E-state index contributed by atoms with van der Waals surface area (Å²) in [4.78, 5) is 15.6. The summed E-state index contributed by atoms with van der Waals surface area (Å²) in [6.45, 7) is 0. The first-order chi connectivity index (χ1) is 6.18. The first kappa shape index (κ1) is 8.65. The molecule has 0 amide bonds. The molecule has 0 bridgehead atoms. The number of carboxylic acid groups (broad SMARTS) is 1. The first-order valence-corrected chi connectivity index (χ1v) is 5.12. The predicted octanol–water partition coefficient (Wildman–Crippen LogP) is 2.76. The minimum atomic E-state index is -0.911. The highest BCUT2D eigenvalue weighted by Crippen LogP contribution is 2.26. The van der Waals surface area contributed by atoms with Crippen LogP contribution in [0.5, 0.6) is 0 Å². The number of thiophene rings is 1. The number of pyridine rings is 1. The summed E-state index contributed by atoms with van der Waals surface area (Å²) in [5.74, 6) is -0.911. The van der Waals surface area contributed by atoms with Gasteiger partial charge < -0.3 is 5.11 Å². The first-order valence-electron chi connectivity index (χ1n) is 3.44. The van der Waals surface area contributed by atoms with Crippen LogP contribution in [0.2, 0.25) is 0 Å². The highest BCUT2D eigenvalue weighted by Gasteiger charge is 2.11. The molecule has 0 unspecified atom stereocenters. The van der Waals surface area contributed by atoms with Crippen LogP contribution >= 0.6 is 27.3 Å². The van der Waals surface area contributed by atoms with Gasteiger partial charge in [-0.1, -0.05) is 0 Å². The third-order valence-electron chi connectivity index (χ3n) is 1.63. The Morgan fingerprint density at radius 3 is 3.08 bits per heavy atom. The fraction of sp³-hybridized carbons (Fsp3) is 0. The quantitative estimate of drug-likeness (QED) is 0.855. The van der Waals surface area contributed by atoms with Gasteiger partial charge in [0.1, 0.15) is 4.83 Å². The van der Waals surface area contributed by atoms with Gasteiger partial charge in [-0.3, -0.25) is 0 Å². The summed E-state index contributed by atoms with van der Waals surface area (Å²) in [5.41, 5.74) is 0.314. The molecule has 2 aromatic rings. The van der Waals surface area contributed by atoms with E-state index in [-0.39, 0.29) is 0 Å². The number of aromatic nitrogens is 1. The van der Waals surface area contributed by atoms with Crippen LogP contribution in [0.25, 0.3) is 10.2 Å². The molecule has 3 nitrogen and oxygen atoms in total. The number of fused-ring (bicyclic) bond motifs is 1. The van der Waals surface area contributed by atoms with E-state index >= 15 is 0 Å². The average molecular weight is 258 g/mol. The fourth-order valence-electron chi connectivity index (χ4n) is 1.06. The van der Waals surface area contributed by atoms with Crippen LogP contribution in [0, 0.1) is 0 Å². The standard InChI is InChI=1S/C8H4BrNO2S/c9-4-1-5-6(8(11)12)3-13-7(5)10-2-4/h1-3H,(H,11,12). The molecule has 66 valence electrons. The van der Waals surface area contributed by atoms with Gasteiger partial charge in [0, 0.05) is 21.4 Å². The maximum absolute atomic E-state index is 10.8. The molecule has 1 N–H and O–H groups in total. The Kier molecular flexibility index (Phi) is 2.05. The highest BCUT2D eigenvalue weighted by atomic mass is 79.9. The van der Waals surface area contributed by atoms with E-state index in [1.807, 2.05) is 0 Å². The number of carbonyl (C=O) groups is 1. The van der Waals surface area contributed by atoms with Crippen LogP contribution < -0.4 is 0 Å². The molecule has 0 aliphatic heterocycles. The minimum Gasteiger partial charge on any atom is -0.478 e. The molecular weight excluding hydrogens is 254 g/mol. The Morgan fingerprint density at radius 2 is 2.38 bits per heavy atom. The van der Waals surface area contributed by atoms with Gasteiger partial charge in [0.05, 0.1) is 5.56 Å². The topological polar surface area (TPSA) is 50.2 Å².